The number of hydrogen-bond acceptors (Lipinski definition) is 3. The topological polar surface area (TPSA) is 78.5 Å². The van der Waals surface area contributed by atoms with Crippen molar-refractivity contribution in [1.29, 1.82) is 0 Å². The normalized spacial score (nSPS) is 21.7. The van der Waals surface area contributed by atoms with Crippen LogP contribution in [-0.4, -0.2) is 35.3 Å². The minimum absolute atomic E-state index is 0.136. The summed E-state index contributed by atoms with van der Waals surface area (Å²) >= 11 is 0. The molecule has 4 amide bonds. The Morgan fingerprint density at radius 3 is 2.40 bits per heavy atom. The Morgan fingerprint density at radius 2 is 1.73 bits per heavy atom. The summed E-state index contributed by atoms with van der Waals surface area (Å²) in [5.74, 6) is -0.724. The van der Waals surface area contributed by atoms with Crippen LogP contribution in [0.15, 0.2) is 48.5 Å². The lowest BCUT2D eigenvalue weighted by atomic mass is 9.81. The molecule has 2 aliphatic rings. The fraction of sp³-hybridized carbons (Fsp3) is 0.375. The number of carbonyl (C=O) groups is 3. The molecule has 156 valence electrons. The average molecular weight is 405 g/mol. The van der Waals surface area contributed by atoms with E-state index in [1.54, 1.807) is 0 Å². The van der Waals surface area contributed by atoms with Crippen molar-refractivity contribution in [3.8, 4) is 0 Å². The van der Waals surface area contributed by atoms with Gasteiger partial charge in [-0.15, -0.1) is 0 Å². The van der Waals surface area contributed by atoms with Crippen LogP contribution in [0.4, 0.5) is 4.79 Å². The molecule has 1 saturated carbocycles. The van der Waals surface area contributed by atoms with Gasteiger partial charge < -0.3 is 10.6 Å². The molecule has 4 rings (SSSR count). The van der Waals surface area contributed by atoms with E-state index in [1.165, 1.54) is 0 Å². The lowest BCUT2D eigenvalue weighted by molar-refractivity contribution is -0.134. The van der Waals surface area contributed by atoms with Crippen LogP contribution < -0.4 is 10.6 Å². The van der Waals surface area contributed by atoms with Crippen molar-refractivity contribution < 1.29 is 14.4 Å². The summed E-state index contributed by atoms with van der Waals surface area (Å²) in [6.07, 6.45) is 4.08. The number of nitrogens with one attached hydrogen (secondary N) is 2. The second-order valence-corrected chi connectivity index (χ2v) is 8.29. The summed E-state index contributed by atoms with van der Waals surface area (Å²) in [7, 11) is 0. The zero-order valence-electron chi connectivity index (χ0n) is 17.4. The largest absolute Gasteiger partial charge is 0.352 e. The van der Waals surface area contributed by atoms with Crippen LogP contribution in [0.25, 0.3) is 0 Å². The lowest BCUT2D eigenvalue weighted by Gasteiger charge is -2.28. The van der Waals surface area contributed by atoms with E-state index in [0.717, 1.165) is 41.7 Å². The van der Waals surface area contributed by atoms with Crippen LogP contribution >= 0.6 is 0 Å². The highest BCUT2D eigenvalue weighted by Crippen LogP contribution is 2.36. The number of imide groups is 1. The molecule has 1 aliphatic heterocycles. The third-order valence-electron chi connectivity index (χ3n) is 6.27. The van der Waals surface area contributed by atoms with Gasteiger partial charge in [-0.05, 0) is 48.9 Å². The Morgan fingerprint density at radius 1 is 1.03 bits per heavy atom. The number of aryl methyl sites for hydroxylation is 2. The van der Waals surface area contributed by atoms with Crippen molar-refractivity contribution in [3.63, 3.8) is 0 Å². The van der Waals surface area contributed by atoms with Gasteiger partial charge in [0, 0.05) is 6.04 Å². The third kappa shape index (κ3) is 3.47. The molecule has 2 fully saturated rings. The molecule has 2 aromatic rings. The van der Waals surface area contributed by atoms with Gasteiger partial charge in [-0.2, -0.15) is 0 Å². The highest BCUT2D eigenvalue weighted by atomic mass is 16.2. The predicted octanol–water partition coefficient (Wildman–Crippen LogP) is 3.16. The Labute approximate surface area is 176 Å². The van der Waals surface area contributed by atoms with E-state index in [2.05, 4.69) is 10.6 Å². The highest BCUT2D eigenvalue weighted by Gasteiger charge is 2.54. The average Bonchev–Trinajstić information content (AvgIpc) is 3.33. The molecule has 0 radical (unpaired) electrons. The second kappa shape index (κ2) is 7.94. The van der Waals surface area contributed by atoms with Gasteiger partial charge in [-0.1, -0.05) is 61.4 Å². The molecule has 2 N–H and O–H groups in total. The maximum Gasteiger partial charge on any atom is 0.326 e. The zero-order valence-corrected chi connectivity index (χ0v) is 17.4. The molecule has 1 atom stereocenters. The van der Waals surface area contributed by atoms with E-state index >= 15 is 0 Å². The van der Waals surface area contributed by atoms with Crippen molar-refractivity contribution in [3.05, 3.63) is 70.8 Å². The van der Waals surface area contributed by atoms with Crippen molar-refractivity contribution in [2.75, 3.05) is 6.54 Å². The first kappa shape index (κ1) is 20.1. The van der Waals surface area contributed by atoms with Crippen LogP contribution in [0.5, 0.6) is 0 Å². The van der Waals surface area contributed by atoms with Gasteiger partial charge >= 0.3 is 6.03 Å². The first-order valence-electron chi connectivity index (χ1n) is 10.5. The molecule has 6 heteroatoms. The summed E-state index contributed by atoms with van der Waals surface area (Å²) < 4.78 is 0. The van der Waals surface area contributed by atoms with Crippen molar-refractivity contribution in [2.24, 2.45) is 0 Å². The summed E-state index contributed by atoms with van der Waals surface area (Å²) in [5.41, 5.74) is 2.15. The van der Waals surface area contributed by atoms with Crippen LogP contribution in [0.1, 0.15) is 47.9 Å². The maximum absolute atomic E-state index is 13.7. The number of amides is 4. The first-order chi connectivity index (χ1) is 14.4. The summed E-state index contributed by atoms with van der Waals surface area (Å²) in [6, 6.07) is 14.5. The standard InChI is InChI=1S/C24H27N3O3/c1-16-12-13-19(14-17(16)2)24(18-8-4-3-5-9-18)22(29)27(23(30)26-24)15-21(28)25-20-10-6-7-11-20/h3-5,8-9,12-14,20H,6-7,10-11,15H2,1-2H3,(H,25,28)(H,26,30)/t24-/m1/s1. The van der Waals surface area contributed by atoms with Crippen molar-refractivity contribution >= 4 is 17.8 Å². The first-order valence-corrected chi connectivity index (χ1v) is 10.5. The van der Waals surface area contributed by atoms with Crippen LogP contribution in [-0.2, 0) is 15.1 Å². The molecule has 0 unspecified atom stereocenters. The summed E-state index contributed by atoms with van der Waals surface area (Å²) in [6.45, 7) is 3.70. The number of rotatable bonds is 5. The minimum atomic E-state index is -1.34. The van der Waals surface area contributed by atoms with Crippen molar-refractivity contribution in [2.45, 2.75) is 51.1 Å². The Balaban J connectivity index is 1.68. The van der Waals surface area contributed by atoms with E-state index < -0.39 is 17.5 Å². The van der Waals surface area contributed by atoms with Crippen LogP contribution in [0, 0.1) is 13.8 Å². The fourth-order valence-electron chi connectivity index (χ4n) is 4.43. The molecule has 6 nitrogen and oxygen atoms in total. The van der Waals surface area contributed by atoms with E-state index in [0.29, 0.717) is 11.1 Å². The monoisotopic (exact) mass is 405 g/mol. The van der Waals surface area contributed by atoms with Crippen LogP contribution in [0.2, 0.25) is 0 Å². The molecular formula is C24H27N3O3. The predicted molar refractivity (Wildman–Crippen MR) is 114 cm³/mol. The number of hydrogen-bond donors (Lipinski definition) is 2. The van der Waals surface area contributed by atoms with Gasteiger partial charge in [0.05, 0.1) is 0 Å². The smallest absolute Gasteiger partial charge is 0.326 e. The van der Waals surface area contributed by atoms with Gasteiger partial charge in [0.25, 0.3) is 5.91 Å². The Hall–Kier alpha value is -3.15. The number of nitrogens with zero attached hydrogens (tertiary/aromatic N) is 1. The zero-order chi connectivity index (χ0) is 21.3. The van der Waals surface area contributed by atoms with Gasteiger partial charge in [-0.25, -0.2) is 4.79 Å². The second-order valence-electron chi connectivity index (χ2n) is 8.29. The molecule has 1 aliphatic carbocycles. The van der Waals surface area contributed by atoms with E-state index in [4.69, 9.17) is 0 Å². The van der Waals surface area contributed by atoms with E-state index in [9.17, 15) is 14.4 Å². The van der Waals surface area contributed by atoms with Gasteiger partial charge in [0.15, 0.2) is 5.54 Å². The third-order valence-corrected chi connectivity index (χ3v) is 6.27. The molecule has 2 aromatic carbocycles. The lowest BCUT2D eigenvalue weighted by Crippen LogP contribution is -2.46. The van der Waals surface area contributed by atoms with E-state index in [1.807, 2.05) is 62.4 Å². The molecule has 0 aromatic heterocycles. The molecule has 30 heavy (non-hydrogen) atoms. The van der Waals surface area contributed by atoms with Crippen LogP contribution in [0.3, 0.4) is 0 Å². The molecule has 0 bridgehead atoms. The SMILES string of the molecule is Cc1ccc([C@@]2(c3ccccc3)NC(=O)N(CC(=O)NC3CCCC3)C2=O)cc1C. The molecule has 1 heterocycles. The van der Waals surface area contributed by atoms with E-state index in [-0.39, 0.29) is 18.5 Å². The van der Waals surface area contributed by atoms with Gasteiger partial charge in [0.2, 0.25) is 5.91 Å². The van der Waals surface area contributed by atoms with Gasteiger partial charge in [0.1, 0.15) is 6.54 Å². The molecule has 1 saturated heterocycles. The molecule has 0 spiro atoms. The minimum Gasteiger partial charge on any atom is -0.352 e. The quantitative estimate of drug-likeness (QED) is 0.750. The fourth-order valence-corrected chi connectivity index (χ4v) is 4.43. The Kier molecular flexibility index (Phi) is 5.33. The Bertz CT molecular complexity index is 982. The van der Waals surface area contributed by atoms with Gasteiger partial charge in [-0.3, -0.25) is 14.5 Å². The maximum atomic E-state index is 13.7. The van der Waals surface area contributed by atoms with Crippen molar-refractivity contribution in [1.82, 2.24) is 15.5 Å². The molecular weight excluding hydrogens is 378 g/mol. The number of carbonyl (C=O) groups excluding carboxylic acids is 3. The highest BCUT2D eigenvalue weighted by molar-refractivity contribution is 6.11. The number of benzene rings is 2. The summed E-state index contributed by atoms with van der Waals surface area (Å²) in [5, 5.41) is 5.86. The number of urea groups is 1. The summed E-state index contributed by atoms with van der Waals surface area (Å²) in [4.78, 5) is 40.1.